The van der Waals surface area contributed by atoms with Crippen LogP contribution in [-0.4, -0.2) is 34.3 Å². The maximum absolute atomic E-state index is 13.5. The average Bonchev–Trinajstić information content (AvgIpc) is 2.79. The number of hydrogen-bond acceptors (Lipinski definition) is 4. The molecule has 0 unspecified atom stereocenters. The quantitative estimate of drug-likeness (QED) is 0.383. The molecular weight excluding hydrogens is 414 g/mol. The van der Waals surface area contributed by atoms with Gasteiger partial charge in [-0.3, -0.25) is 0 Å². The fraction of sp³-hybridized carbons (Fsp3) is 0.125. The highest BCUT2D eigenvalue weighted by atomic mass is 19.1. The molecule has 0 aliphatic rings. The van der Waals surface area contributed by atoms with Gasteiger partial charge in [0.2, 0.25) is 0 Å². The van der Waals surface area contributed by atoms with Crippen LogP contribution in [0.1, 0.15) is 6.42 Å². The molecule has 2 amide bonds. The predicted molar refractivity (Wildman–Crippen MR) is 119 cm³/mol. The molecular formula is C24H20F2N4O2. The molecule has 0 spiro atoms. The molecule has 0 saturated heterocycles. The third-order valence-electron chi connectivity index (χ3n) is 4.78. The van der Waals surface area contributed by atoms with Crippen LogP contribution < -0.4 is 10.6 Å². The first-order valence-corrected chi connectivity index (χ1v) is 10.0. The van der Waals surface area contributed by atoms with Crippen molar-refractivity contribution in [1.29, 1.82) is 0 Å². The normalized spacial score (nSPS) is 10.8. The van der Waals surface area contributed by atoms with Gasteiger partial charge in [-0.15, -0.1) is 0 Å². The number of carbonyl (C=O) groups excluding carboxylic acids is 1. The van der Waals surface area contributed by atoms with Gasteiger partial charge in [-0.05, 0) is 73.2 Å². The standard InChI is InChI=1S/C24H20F2N4O2/c25-17-6-2-15(3-7-17)22-23(16-4-8-18(26)9-5-16)30-21-14-19(10-11-20(21)29-22)28-24(32)27-12-1-13-31/h2-11,14,31H,1,12-13H2,(H2,27,28,32). The number of rotatable bonds is 6. The van der Waals surface area contributed by atoms with Crippen molar-refractivity contribution in [3.05, 3.63) is 78.4 Å². The van der Waals surface area contributed by atoms with Crippen LogP contribution in [0.3, 0.4) is 0 Å². The van der Waals surface area contributed by atoms with Crippen molar-refractivity contribution in [2.45, 2.75) is 6.42 Å². The first-order valence-electron chi connectivity index (χ1n) is 10.0. The third kappa shape index (κ3) is 4.87. The molecule has 32 heavy (non-hydrogen) atoms. The number of amides is 2. The highest BCUT2D eigenvalue weighted by molar-refractivity contribution is 5.93. The van der Waals surface area contributed by atoms with Crippen LogP contribution in [0.2, 0.25) is 0 Å². The maximum atomic E-state index is 13.5. The molecule has 162 valence electrons. The SMILES string of the molecule is O=C(NCCCO)Nc1ccc2nc(-c3ccc(F)cc3)c(-c3ccc(F)cc3)nc2c1. The number of fused-ring (bicyclic) bond motifs is 1. The molecule has 0 fully saturated rings. The summed E-state index contributed by atoms with van der Waals surface area (Å²) in [5, 5.41) is 14.2. The topological polar surface area (TPSA) is 87.1 Å². The second-order valence-corrected chi connectivity index (χ2v) is 7.10. The predicted octanol–water partition coefficient (Wildman–Crippen LogP) is 4.75. The number of halogens is 2. The third-order valence-corrected chi connectivity index (χ3v) is 4.78. The van der Waals surface area contributed by atoms with Gasteiger partial charge in [0.15, 0.2) is 0 Å². The summed E-state index contributed by atoms with van der Waals surface area (Å²) in [4.78, 5) is 21.5. The Morgan fingerprint density at radius 1 is 0.812 bits per heavy atom. The molecule has 4 aromatic rings. The Hall–Kier alpha value is -3.91. The summed E-state index contributed by atoms with van der Waals surface area (Å²) in [6.07, 6.45) is 0.462. The lowest BCUT2D eigenvalue weighted by molar-refractivity contribution is 0.249. The van der Waals surface area contributed by atoms with Gasteiger partial charge in [0.25, 0.3) is 0 Å². The Morgan fingerprint density at radius 2 is 1.38 bits per heavy atom. The minimum atomic E-state index is -0.396. The Morgan fingerprint density at radius 3 is 1.94 bits per heavy atom. The molecule has 3 aromatic carbocycles. The van der Waals surface area contributed by atoms with Crippen LogP contribution in [0, 0.1) is 11.6 Å². The van der Waals surface area contributed by atoms with E-state index in [0.717, 1.165) is 0 Å². The van der Waals surface area contributed by atoms with E-state index in [1.807, 2.05) is 0 Å². The van der Waals surface area contributed by atoms with E-state index in [0.29, 0.717) is 52.2 Å². The second-order valence-electron chi connectivity index (χ2n) is 7.10. The number of hydrogen-bond donors (Lipinski definition) is 3. The minimum absolute atomic E-state index is 0.00556. The van der Waals surface area contributed by atoms with Gasteiger partial charge >= 0.3 is 6.03 Å². The summed E-state index contributed by atoms with van der Waals surface area (Å²) in [6.45, 7) is 0.347. The maximum Gasteiger partial charge on any atom is 0.319 e. The molecule has 6 nitrogen and oxygen atoms in total. The van der Waals surface area contributed by atoms with Crippen molar-refractivity contribution >= 4 is 22.8 Å². The van der Waals surface area contributed by atoms with Crippen LogP contribution in [-0.2, 0) is 0 Å². The molecule has 0 atom stereocenters. The number of aromatic nitrogens is 2. The van der Waals surface area contributed by atoms with Gasteiger partial charge in [-0.1, -0.05) is 0 Å². The molecule has 0 aliphatic carbocycles. The number of carbonyl (C=O) groups is 1. The molecule has 0 radical (unpaired) electrons. The van der Waals surface area contributed by atoms with Crippen molar-refractivity contribution in [3.63, 3.8) is 0 Å². The molecule has 0 aliphatic heterocycles. The van der Waals surface area contributed by atoms with E-state index in [4.69, 9.17) is 15.1 Å². The zero-order chi connectivity index (χ0) is 22.5. The molecule has 1 aromatic heterocycles. The van der Waals surface area contributed by atoms with Crippen LogP contribution >= 0.6 is 0 Å². The first kappa shape index (κ1) is 21.3. The summed E-state index contributed by atoms with van der Waals surface area (Å²) in [5.74, 6) is -0.733. The van der Waals surface area contributed by atoms with Crippen molar-refractivity contribution in [2.24, 2.45) is 0 Å². The number of urea groups is 1. The zero-order valence-corrected chi connectivity index (χ0v) is 17.0. The number of nitrogens with zero attached hydrogens (tertiary/aromatic N) is 2. The van der Waals surface area contributed by atoms with Gasteiger partial charge < -0.3 is 15.7 Å². The van der Waals surface area contributed by atoms with E-state index in [1.54, 1.807) is 42.5 Å². The average molecular weight is 434 g/mol. The fourth-order valence-electron chi connectivity index (χ4n) is 3.21. The monoisotopic (exact) mass is 434 g/mol. The zero-order valence-electron chi connectivity index (χ0n) is 17.0. The summed E-state index contributed by atoms with van der Waals surface area (Å²) < 4.78 is 26.9. The van der Waals surface area contributed by atoms with E-state index < -0.39 is 6.03 Å². The smallest absolute Gasteiger partial charge is 0.319 e. The van der Waals surface area contributed by atoms with E-state index in [9.17, 15) is 13.6 Å². The summed E-state index contributed by atoms with van der Waals surface area (Å²) >= 11 is 0. The summed E-state index contributed by atoms with van der Waals surface area (Å²) in [5.41, 5.74) is 4.00. The molecule has 3 N–H and O–H groups in total. The van der Waals surface area contributed by atoms with Crippen LogP contribution in [0.5, 0.6) is 0 Å². The largest absolute Gasteiger partial charge is 0.396 e. The van der Waals surface area contributed by atoms with Crippen molar-refractivity contribution < 1.29 is 18.7 Å². The molecule has 0 saturated carbocycles. The summed E-state index contributed by atoms with van der Waals surface area (Å²) in [7, 11) is 0. The Kier molecular flexibility index (Phi) is 6.32. The van der Waals surface area contributed by atoms with Gasteiger partial charge in [-0.2, -0.15) is 0 Å². The fourth-order valence-corrected chi connectivity index (χ4v) is 3.21. The van der Waals surface area contributed by atoms with Crippen molar-refractivity contribution in [2.75, 3.05) is 18.5 Å². The van der Waals surface area contributed by atoms with E-state index in [2.05, 4.69) is 10.6 Å². The lowest BCUT2D eigenvalue weighted by Gasteiger charge is -2.12. The van der Waals surface area contributed by atoms with E-state index in [-0.39, 0.29) is 18.2 Å². The van der Waals surface area contributed by atoms with Crippen LogP contribution in [0.25, 0.3) is 33.5 Å². The number of benzene rings is 3. The number of aliphatic hydroxyl groups is 1. The Balaban J connectivity index is 1.75. The molecule has 1 heterocycles. The van der Waals surface area contributed by atoms with Gasteiger partial charge in [0.1, 0.15) is 11.6 Å². The highest BCUT2D eigenvalue weighted by Crippen LogP contribution is 2.32. The molecule has 0 bridgehead atoms. The summed E-state index contributed by atoms with van der Waals surface area (Å²) in [6, 6.07) is 16.5. The number of anilines is 1. The Labute approximate surface area is 183 Å². The van der Waals surface area contributed by atoms with Crippen molar-refractivity contribution in [3.8, 4) is 22.5 Å². The van der Waals surface area contributed by atoms with E-state index >= 15 is 0 Å². The van der Waals surface area contributed by atoms with Gasteiger partial charge in [-0.25, -0.2) is 23.5 Å². The lowest BCUT2D eigenvalue weighted by Crippen LogP contribution is -2.29. The molecule has 8 heteroatoms. The minimum Gasteiger partial charge on any atom is -0.396 e. The second kappa shape index (κ2) is 9.49. The van der Waals surface area contributed by atoms with E-state index in [1.165, 1.54) is 24.3 Å². The first-order chi connectivity index (χ1) is 15.5. The lowest BCUT2D eigenvalue weighted by atomic mass is 10.0. The van der Waals surface area contributed by atoms with Gasteiger partial charge in [0, 0.05) is 30.0 Å². The Bertz CT molecular complexity index is 1250. The number of aliphatic hydroxyl groups excluding tert-OH is 1. The molecule has 4 rings (SSSR count). The van der Waals surface area contributed by atoms with Gasteiger partial charge in [0.05, 0.1) is 22.4 Å². The highest BCUT2D eigenvalue weighted by Gasteiger charge is 2.14. The number of nitrogens with one attached hydrogen (secondary N) is 2. The van der Waals surface area contributed by atoms with Crippen molar-refractivity contribution in [1.82, 2.24) is 15.3 Å². The van der Waals surface area contributed by atoms with Crippen LogP contribution in [0.15, 0.2) is 66.7 Å². The van der Waals surface area contributed by atoms with Crippen LogP contribution in [0.4, 0.5) is 19.3 Å².